The number of pyridine rings is 1. The van der Waals surface area contributed by atoms with Gasteiger partial charge in [-0.05, 0) is 26.0 Å². The number of aryl methyl sites for hydroxylation is 2. The summed E-state index contributed by atoms with van der Waals surface area (Å²) >= 11 is 0. The second-order valence-corrected chi connectivity index (χ2v) is 4.96. The molecule has 2 rings (SSSR count). The van der Waals surface area contributed by atoms with E-state index in [1.807, 2.05) is 0 Å². The van der Waals surface area contributed by atoms with Crippen LogP contribution in [0.25, 0.3) is 0 Å². The van der Waals surface area contributed by atoms with Crippen LogP contribution in [0.5, 0.6) is 0 Å². The van der Waals surface area contributed by atoms with Gasteiger partial charge in [-0.2, -0.15) is 13.2 Å². The van der Waals surface area contributed by atoms with E-state index in [0.29, 0.717) is 17.1 Å². The van der Waals surface area contributed by atoms with E-state index in [-0.39, 0.29) is 17.9 Å². The molecule has 0 saturated heterocycles. The molecule has 0 bridgehead atoms. The number of carbonyl (C=O) groups is 1. The summed E-state index contributed by atoms with van der Waals surface area (Å²) in [5.74, 6) is 0.170. The van der Waals surface area contributed by atoms with Crippen LogP contribution in [0.3, 0.4) is 0 Å². The Bertz CT molecular complexity index is 698. The molecule has 2 aromatic rings. The standard InChI is InChI=1S/C14H15F3N4O2/c1-8-3-10(5-12(20-8)19-7-14(15,16)17)13(22)18-6-11-4-9(2)23-21-11/h3-5H,6-7H2,1-2H3,(H,18,22)(H,19,20). The molecule has 0 radical (unpaired) electrons. The van der Waals surface area contributed by atoms with E-state index in [9.17, 15) is 18.0 Å². The maximum Gasteiger partial charge on any atom is 0.405 e. The molecule has 0 atom stereocenters. The topological polar surface area (TPSA) is 80.0 Å². The number of carbonyl (C=O) groups excluding carboxylic acids is 1. The molecule has 9 heteroatoms. The Labute approximate surface area is 130 Å². The Balaban J connectivity index is 2.03. The van der Waals surface area contributed by atoms with Crippen LogP contribution < -0.4 is 10.6 Å². The molecule has 2 aromatic heterocycles. The largest absolute Gasteiger partial charge is 0.405 e. The van der Waals surface area contributed by atoms with Crippen molar-refractivity contribution in [3.63, 3.8) is 0 Å². The SMILES string of the molecule is Cc1cc(C(=O)NCc2cc(C)on2)cc(NCC(F)(F)F)n1. The second kappa shape index (κ2) is 6.67. The van der Waals surface area contributed by atoms with Crippen LogP contribution in [-0.2, 0) is 6.54 Å². The predicted molar refractivity (Wildman–Crippen MR) is 75.9 cm³/mol. The molecule has 0 aromatic carbocycles. The zero-order valence-electron chi connectivity index (χ0n) is 12.5. The van der Waals surface area contributed by atoms with Crippen molar-refractivity contribution in [1.29, 1.82) is 0 Å². The van der Waals surface area contributed by atoms with Gasteiger partial charge in [0.25, 0.3) is 5.91 Å². The fourth-order valence-corrected chi connectivity index (χ4v) is 1.86. The summed E-state index contributed by atoms with van der Waals surface area (Å²) in [4.78, 5) is 16.0. The number of anilines is 1. The molecule has 6 nitrogen and oxygen atoms in total. The van der Waals surface area contributed by atoms with Gasteiger partial charge in [-0.3, -0.25) is 4.79 Å². The first-order valence-corrected chi connectivity index (χ1v) is 6.72. The van der Waals surface area contributed by atoms with Crippen LogP contribution in [0, 0.1) is 13.8 Å². The molecule has 1 amide bonds. The number of halogens is 3. The van der Waals surface area contributed by atoms with Gasteiger partial charge in [-0.15, -0.1) is 0 Å². The summed E-state index contributed by atoms with van der Waals surface area (Å²) < 4.78 is 41.6. The Morgan fingerprint density at radius 3 is 2.61 bits per heavy atom. The highest BCUT2D eigenvalue weighted by molar-refractivity contribution is 5.94. The molecule has 23 heavy (non-hydrogen) atoms. The van der Waals surface area contributed by atoms with E-state index in [4.69, 9.17) is 4.52 Å². The number of aromatic nitrogens is 2. The van der Waals surface area contributed by atoms with Gasteiger partial charge in [-0.1, -0.05) is 5.16 Å². The maximum absolute atomic E-state index is 12.2. The smallest absolute Gasteiger partial charge is 0.361 e. The lowest BCUT2D eigenvalue weighted by molar-refractivity contribution is -0.115. The zero-order chi connectivity index (χ0) is 17.0. The molecule has 0 aliphatic carbocycles. The van der Waals surface area contributed by atoms with Crippen LogP contribution in [0.1, 0.15) is 27.5 Å². The summed E-state index contributed by atoms with van der Waals surface area (Å²) in [5.41, 5.74) is 1.19. The highest BCUT2D eigenvalue weighted by Crippen LogP contribution is 2.17. The summed E-state index contributed by atoms with van der Waals surface area (Å²) in [7, 11) is 0. The van der Waals surface area contributed by atoms with Crippen LogP contribution >= 0.6 is 0 Å². The van der Waals surface area contributed by atoms with Gasteiger partial charge >= 0.3 is 6.18 Å². The van der Waals surface area contributed by atoms with E-state index < -0.39 is 18.6 Å². The van der Waals surface area contributed by atoms with Gasteiger partial charge < -0.3 is 15.2 Å². The molecular formula is C14H15F3N4O2. The fraction of sp³-hybridized carbons (Fsp3) is 0.357. The predicted octanol–water partition coefficient (Wildman–Crippen LogP) is 2.59. The molecule has 0 saturated carbocycles. The van der Waals surface area contributed by atoms with Gasteiger partial charge in [0, 0.05) is 17.3 Å². The molecule has 0 aliphatic heterocycles. The van der Waals surface area contributed by atoms with Crippen LogP contribution in [0.2, 0.25) is 0 Å². The summed E-state index contributed by atoms with van der Waals surface area (Å²) in [5, 5.41) is 8.50. The number of hydrogen-bond acceptors (Lipinski definition) is 5. The zero-order valence-corrected chi connectivity index (χ0v) is 12.5. The Morgan fingerprint density at radius 2 is 2.00 bits per heavy atom. The van der Waals surface area contributed by atoms with E-state index in [0.717, 1.165) is 0 Å². The van der Waals surface area contributed by atoms with Crippen molar-refractivity contribution < 1.29 is 22.5 Å². The van der Waals surface area contributed by atoms with Gasteiger partial charge in [0.15, 0.2) is 0 Å². The van der Waals surface area contributed by atoms with E-state index in [2.05, 4.69) is 20.8 Å². The lowest BCUT2D eigenvalue weighted by Gasteiger charge is -2.11. The van der Waals surface area contributed by atoms with Crippen molar-refractivity contribution in [2.75, 3.05) is 11.9 Å². The number of hydrogen-bond donors (Lipinski definition) is 2. The Hall–Kier alpha value is -2.58. The van der Waals surface area contributed by atoms with E-state index >= 15 is 0 Å². The molecular weight excluding hydrogens is 313 g/mol. The van der Waals surface area contributed by atoms with E-state index in [1.165, 1.54) is 12.1 Å². The average molecular weight is 328 g/mol. The van der Waals surface area contributed by atoms with Crippen molar-refractivity contribution in [2.24, 2.45) is 0 Å². The van der Waals surface area contributed by atoms with E-state index in [1.54, 1.807) is 19.9 Å². The highest BCUT2D eigenvalue weighted by Gasteiger charge is 2.27. The third kappa shape index (κ3) is 5.28. The Kier molecular flexibility index (Phi) is 4.87. The first kappa shape index (κ1) is 16.8. The summed E-state index contributed by atoms with van der Waals surface area (Å²) in [6.45, 7) is 2.26. The monoisotopic (exact) mass is 328 g/mol. The van der Waals surface area contributed by atoms with Crippen LogP contribution in [0.4, 0.5) is 19.0 Å². The molecule has 2 N–H and O–H groups in total. The van der Waals surface area contributed by atoms with Crippen molar-refractivity contribution in [2.45, 2.75) is 26.6 Å². The first-order valence-electron chi connectivity index (χ1n) is 6.72. The lowest BCUT2D eigenvalue weighted by atomic mass is 10.2. The van der Waals surface area contributed by atoms with Crippen LogP contribution in [-0.4, -0.2) is 28.8 Å². The number of nitrogens with one attached hydrogen (secondary N) is 2. The normalized spacial score (nSPS) is 11.3. The summed E-state index contributed by atoms with van der Waals surface area (Å²) in [6.07, 6.45) is -4.36. The number of amides is 1. The molecule has 2 heterocycles. The van der Waals surface area contributed by atoms with Crippen molar-refractivity contribution >= 4 is 11.7 Å². The van der Waals surface area contributed by atoms with Crippen molar-refractivity contribution in [3.8, 4) is 0 Å². The molecule has 0 fully saturated rings. The minimum atomic E-state index is -4.36. The number of alkyl halides is 3. The third-order valence-corrected chi connectivity index (χ3v) is 2.79. The molecule has 124 valence electrons. The molecule has 0 unspecified atom stereocenters. The Morgan fingerprint density at radius 1 is 1.26 bits per heavy atom. The molecule has 0 spiro atoms. The maximum atomic E-state index is 12.2. The van der Waals surface area contributed by atoms with Crippen LogP contribution in [0.15, 0.2) is 22.7 Å². The number of rotatable bonds is 5. The van der Waals surface area contributed by atoms with Crippen molar-refractivity contribution in [3.05, 3.63) is 40.9 Å². The highest BCUT2D eigenvalue weighted by atomic mass is 19.4. The van der Waals surface area contributed by atoms with Gasteiger partial charge in [0.05, 0.1) is 6.54 Å². The van der Waals surface area contributed by atoms with Gasteiger partial charge in [-0.25, -0.2) is 4.98 Å². The summed E-state index contributed by atoms with van der Waals surface area (Å²) in [6, 6.07) is 4.43. The third-order valence-electron chi connectivity index (χ3n) is 2.79. The molecule has 0 aliphatic rings. The van der Waals surface area contributed by atoms with Crippen molar-refractivity contribution in [1.82, 2.24) is 15.5 Å². The first-order chi connectivity index (χ1) is 10.7. The minimum Gasteiger partial charge on any atom is -0.361 e. The fourth-order valence-electron chi connectivity index (χ4n) is 1.86. The minimum absolute atomic E-state index is 0.00949. The second-order valence-electron chi connectivity index (χ2n) is 4.96. The van der Waals surface area contributed by atoms with Gasteiger partial charge in [0.2, 0.25) is 0 Å². The lowest BCUT2D eigenvalue weighted by Crippen LogP contribution is -2.24. The average Bonchev–Trinajstić information content (AvgIpc) is 2.87. The van der Waals surface area contributed by atoms with Gasteiger partial charge in [0.1, 0.15) is 23.8 Å². The quantitative estimate of drug-likeness (QED) is 0.882. The number of nitrogens with zero attached hydrogens (tertiary/aromatic N) is 2.